The van der Waals surface area contributed by atoms with Crippen molar-refractivity contribution in [1.82, 2.24) is 0 Å². The maximum absolute atomic E-state index is 12.9. The van der Waals surface area contributed by atoms with Gasteiger partial charge in [-0.1, -0.05) is 60.7 Å². The summed E-state index contributed by atoms with van der Waals surface area (Å²) in [6.07, 6.45) is 0.711. The van der Waals surface area contributed by atoms with E-state index in [1.165, 1.54) is 0 Å². The van der Waals surface area contributed by atoms with Gasteiger partial charge in [-0.15, -0.1) is 0 Å². The van der Waals surface area contributed by atoms with Gasteiger partial charge in [-0.05, 0) is 11.1 Å². The number of rotatable bonds is 4. The highest BCUT2D eigenvalue weighted by Crippen LogP contribution is 2.31. The number of aliphatic hydroxyl groups is 1. The van der Waals surface area contributed by atoms with E-state index in [0.29, 0.717) is 37.1 Å². The molecule has 0 aliphatic carbocycles. The van der Waals surface area contributed by atoms with Gasteiger partial charge in [0.2, 0.25) is 5.60 Å². The van der Waals surface area contributed by atoms with Crippen molar-refractivity contribution in [2.24, 2.45) is 0 Å². The van der Waals surface area contributed by atoms with Crippen molar-refractivity contribution in [2.45, 2.75) is 24.5 Å². The standard InChI is InChI=1S/C19H21NO4/c21-18(24-17-11-13-20(23)14-12-17)19(22,15-7-3-1-4-8-15)16-9-5-2-6-10-16/h1-10,17,20,22H,11-14H2. The first kappa shape index (κ1) is 16.6. The summed E-state index contributed by atoms with van der Waals surface area (Å²) in [6, 6.07) is 17.6. The van der Waals surface area contributed by atoms with Crippen LogP contribution in [-0.4, -0.2) is 30.3 Å². The van der Waals surface area contributed by atoms with Crippen LogP contribution in [0.5, 0.6) is 0 Å². The molecule has 2 aromatic rings. The summed E-state index contributed by atoms with van der Waals surface area (Å²) in [5.41, 5.74) is -0.926. The first-order chi connectivity index (χ1) is 11.6. The van der Waals surface area contributed by atoms with Crippen LogP contribution < -0.4 is 5.06 Å². The fourth-order valence-electron chi connectivity index (χ4n) is 3.03. The average molecular weight is 327 g/mol. The molecule has 3 rings (SSSR count). The van der Waals surface area contributed by atoms with Gasteiger partial charge in [-0.25, -0.2) is 4.79 Å². The molecule has 0 aromatic heterocycles. The summed E-state index contributed by atoms with van der Waals surface area (Å²) in [5, 5.41) is 22.8. The Morgan fingerprint density at radius 1 is 1.00 bits per heavy atom. The lowest BCUT2D eigenvalue weighted by Gasteiger charge is -2.34. The van der Waals surface area contributed by atoms with E-state index >= 15 is 0 Å². The normalized spacial score (nSPS) is 21.2. The highest BCUT2D eigenvalue weighted by atomic mass is 16.6. The topological polar surface area (TPSA) is 74.0 Å². The molecule has 0 spiro atoms. The lowest BCUT2D eigenvalue weighted by molar-refractivity contribution is -0.854. The van der Waals surface area contributed by atoms with Gasteiger partial charge in [0.25, 0.3) is 0 Å². The number of esters is 1. The molecule has 0 unspecified atom stereocenters. The van der Waals surface area contributed by atoms with Crippen LogP contribution in [0.15, 0.2) is 60.7 Å². The number of hydroxylamine groups is 2. The molecule has 2 N–H and O–H groups in total. The Labute approximate surface area is 141 Å². The van der Waals surface area contributed by atoms with Crippen molar-refractivity contribution in [1.29, 1.82) is 0 Å². The zero-order valence-electron chi connectivity index (χ0n) is 13.4. The molecule has 5 nitrogen and oxygen atoms in total. The second-order valence-corrected chi connectivity index (χ2v) is 6.09. The smallest absolute Gasteiger partial charge is 0.347 e. The minimum atomic E-state index is -1.86. The van der Waals surface area contributed by atoms with E-state index in [9.17, 15) is 15.1 Å². The maximum atomic E-state index is 12.9. The Bertz CT molecular complexity index is 627. The molecule has 0 atom stereocenters. The molecule has 2 aromatic carbocycles. The monoisotopic (exact) mass is 327 g/mol. The Hall–Kier alpha value is -2.21. The number of piperidine rings is 1. The second-order valence-electron chi connectivity index (χ2n) is 6.09. The van der Waals surface area contributed by atoms with Crippen molar-refractivity contribution < 1.29 is 19.7 Å². The SMILES string of the molecule is O=C(OC1CC[NH+]([O-])CC1)C(O)(c1ccccc1)c1ccccc1. The van der Waals surface area contributed by atoms with E-state index in [-0.39, 0.29) is 11.2 Å². The van der Waals surface area contributed by atoms with Crippen LogP contribution in [0.2, 0.25) is 0 Å². The first-order valence-corrected chi connectivity index (χ1v) is 8.17. The van der Waals surface area contributed by atoms with Crippen LogP contribution >= 0.6 is 0 Å². The molecule has 1 saturated heterocycles. The van der Waals surface area contributed by atoms with Crippen molar-refractivity contribution in [2.75, 3.05) is 13.1 Å². The van der Waals surface area contributed by atoms with Crippen molar-refractivity contribution in [3.8, 4) is 0 Å². The van der Waals surface area contributed by atoms with Gasteiger partial charge < -0.3 is 20.1 Å². The summed E-state index contributed by atoms with van der Waals surface area (Å²) in [7, 11) is 0. The van der Waals surface area contributed by atoms with Crippen molar-refractivity contribution in [3.63, 3.8) is 0 Å². The number of carbonyl (C=O) groups is 1. The average Bonchev–Trinajstić information content (AvgIpc) is 2.64. The third-order valence-corrected chi connectivity index (χ3v) is 4.44. The third-order valence-electron chi connectivity index (χ3n) is 4.44. The molecule has 1 heterocycles. The number of quaternary nitrogens is 1. The lowest BCUT2D eigenvalue weighted by atomic mass is 9.86. The molecular weight excluding hydrogens is 306 g/mol. The van der Waals surface area contributed by atoms with Gasteiger partial charge in [0.05, 0.1) is 13.1 Å². The maximum Gasteiger partial charge on any atom is 0.347 e. The van der Waals surface area contributed by atoms with Crippen molar-refractivity contribution in [3.05, 3.63) is 77.0 Å². The van der Waals surface area contributed by atoms with E-state index in [1.807, 2.05) is 12.1 Å². The molecule has 126 valence electrons. The zero-order valence-corrected chi connectivity index (χ0v) is 13.4. The summed E-state index contributed by atoms with van der Waals surface area (Å²) >= 11 is 0. The number of ether oxygens (including phenoxy) is 1. The van der Waals surface area contributed by atoms with Crippen LogP contribution in [0.4, 0.5) is 0 Å². The molecule has 0 bridgehead atoms. The van der Waals surface area contributed by atoms with Gasteiger partial charge >= 0.3 is 5.97 Å². The van der Waals surface area contributed by atoms with Gasteiger partial charge in [0.15, 0.2) is 0 Å². The second kappa shape index (κ2) is 7.13. The molecule has 24 heavy (non-hydrogen) atoms. The van der Waals surface area contributed by atoms with E-state index in [4.69, 9.17) is 4.74 Å². The Balaban J connectivity index is 1.89. The summed E-state index contributed by atoms with van der Waals surface area (Å²) < 4.78 is 5.57. The van der Waals surface area contributed by atoms with Gasteiger partial charge in [0, 0.05) is 12.8 Å². The van der Waals surface area contributed by atoms with E-state index in [0.717, 1.165) is 0 Å². The van der Waals surface area contributed by atoms with Crippen molar-refractivity contribution >= 4 is 5.97 Å². The Morgan fingerprint density at radius 2 is 1.46 bits per heavy atom. The van der Waals surface area contributed by atoms with Crippen LogP contribution in [0.1, 0.15) is 24.0 Å². The van der Waals surface area contributed by atoms with E-state index in [1.54, 1.807) is 48.5 Å². The molecule has 1 fully saturated rings. The summed E-state index contributed by atoms with van der Waals surface area (Å²) in [6.45, 7) is 0.847. The van der Waals surface area contributed by atoms with Gasteiger partial charge in [0.1, 0.15) is 6.10 Å². The molecule has 5 heteroatoms. The predicted molar refractivity (Wildman–Crippen MR) is 89.1 cm³/mol. The quantitative estimate of drug-likeness (QED) is 0.649. The fourth-order valence-corrected chi connectivity index (χ4v) is 3.03. The number of hydrogen-bond donors (Lipinski definition) is 2. The van der Waals surface area contributed by atoms with E-state index < -0.39 is 11.6 Å². The minimum Gasteiger partial charge on any atom is -0.634 e. The molecule has 0 saturated carbocycles. The summed E-state index contributed by atoms with van der Waals surface area (Å²) in [5.74, 6) is -0.695. The lowest BCUT2D eigenvalue weighted by Crippen LogP contribution is -3.08. The zero-order chi connectivity index (χ0) is 17.0. The molecule has 1 aliphatic heterocycles. The van der Waals surface area contributed by atoms with Gasteiger partial charge in [-0.3, -0.25) is 0 Å². The fraction of sp³-hybridized carbons (Fsp3) is 0.316. The Morgan fingerprint density at radius 3 is 1.92 bits per heavy atom. The number of nitrogens with one attached hydrogen (secondary N) is 1. The van der Waals surface area contributed by atoms with Crippen LogP contribution in [-0.2, 0) is 15.1 Å². The Kier molecular flexibility index (Phi) is 4.94. The first-order valence-electron chi connectivity index (χ1n) is 8.17. The largest absolute Gasteiger partial charge is 0.634 e. The number of carbonyl (C=O) groups excluding carboxylic acids is 1. The molecule has 1 aliphatic rings. The summed E-state index contributed by atoms with van der Waals surface area (Å²) in [4.78, 5) is 12.9. The highest BCUT2D eigenvalue weighted by molar-refractivity contribution is 5.85. The van der Waals surface area contributed by atoms with E-state index in [2.05, 4.69) is 0 Å². The number of benzene rings is 2. The molecule has 0 radical (unpaired) electrons. The van der Waals surface area contributed by atoms with Crippen LogP contribution in [0, 0.1) is 5.21 Å². The predicted octanol–water partition coefficient (Wildman–Crippen LogP) is 1.01. The minimum absolute atomic E-state index is 0.198. The molecule has 0 amide bonds. The third kappa shape index (κ3) is 3.33. The van der Waals surface area contributed by atoms with Crippen LogP contribution in [0.25, 0.3) is 0 Å². The molecular formula is C19H21NO4. The highest BCUT2D eigenvalue weighted by Gasteiger charge is 2.42. The van der Waals surface area contributed by atoms with Gasteiger partial charge in [-0.2, -0.15) is 0 Å². The number of hydrogen-bond acceptors (Lipinski definition) is 4. The van der Waals surface area contributed by atoms with Crippen LogP contribution in [0.3, 0.4) is 0 Å².